The lowest BCUT2D eigenvalue weighted by atomic mass is 9.95. The molecule has 6 rings (SSSR count). The number of anilines is 1. The fraction of sp³-hybridized carbons (Fsp3) is 0.143. The summed E-state index contributed by atoms with van der Waals surface area (Å²) in [5.74, 6) is -0.877. The molecular formula is C35H28FN3O5S2. The van der Waals surface area contributed by atoms with Gasteiger partial charge in [-0.3, -0.25) is 14.5 Å². The van der Waals surface area contributed by atoms with Crippen molar-refractivity contribution in [3.63, 3.8) is 0 Å². The number of amides is 1. The highest BCUT2D eigenvalue weighted by Gasteiger charge is 2.48. The minimum Gasteiger partial charge on any atom is -0.507 e. The van der Waals surface area contributed by atoms with E-state index in [0.717, 1.165) is 22.5 Å². The highest BCUT2D eigenvalue weighted by molar-refractivity contribution is 8.00. The zero-order chi connectivity index (χ0) is 32.0. The summed E-state index contributed by atoms with van der Waals surface area (Å²) in [5, 5.41) is 20.2. The molecule has 5 aromatic rings. The number of nitrogens with zero attached hydrogens (tertiary/aromatic N) is 3. The van der Waals surface area contributed by atoms with Crippen molar-refractivity contribution in [2.45, 2.75) is 29.7 Å². The van der Waals surface area contributed by atoms with Crippen LogP contribution in [0.25, 0.3) is 5.76 Å². The number of ketones is 1. The Morgan fingerprint density at radius 3 is 2.33 bits per heavy atom. The Kier molecular flexibility index (Phi) is 9.41. The number of rotatable bonds is 11. The van der Waals surface area contributed by atoms with Crippen LogP contribution < -0.4 is 14.4 Å². The Labute approximate surface area is 273 Å². The average molecular weight is 654 g/mol. The van der Waals surface area contributed by atoms with Crippen molar-refractivity contribution >= 4 is 45.7 Å². The van der Waals surface area contributed by atoms with Crippen LogP contribution in [0.1, 0.15) is 35.2 Å². The molecule has 46 heavy (non-hydrogen) atoms. The third-order valence-corrected chi connectivity index (χ3v) is 9.32. The van der Waals surface area contributed by atoms with Crippen LogP contribution in [-0.4, -0.2) is 33.6 Å². The fourth-order valence-corrected chi connectivity index (χ4v) is 6.82. The van der Waals surface area contributed by atoms with E-state index in [4.69, 9.17) is 9.47 Å². The summed E-state index contributed by atoms with van der Waals surface area (Å²) in [4.78, 5) is 28.6. The molecule has 4 aromatic carbocycles. The third-order valence-electron chi connectivity index (χ3n) is 7.19. The first-order chi connectivity index (χ1) is 22.4. The molecule has 1 aliphatic heterocycles. The molecule has 1 fully saturated rings. The van der Waals surface area contributed by atoms with Gasteiger partial charge in [0.25, 0.3) is 5.78 Å². The lowest BCUT2D eigenvalue weighted by Gasteiger charge is -2.23. The van der Waals surface area contributed by atoms with Crippen molar-refractivity contribution in [3.05, 3.63) is 137 Å². The van der Waals surface area contributed by atoms with Crippen LogP contribution in [0.4, 0.5) is 9.52 Å². The van der Waals surface area contributed by atoms with Crippen molar-refractivity contribution in [2.75, 3.05) is 11.5 Å². The topological polar surface area (TPSA) is 102 Å². The van der Waals surface area contributed by atoms with Gasteiger partial charge in [-0.1, -0.05) is 102 Å². The SMILES string of the molecule is CCOc1cc(C2C(=C(O)c3ccccc3)C(=O)C(=O)N2c2nnc(SCc3ccc(F)cc3)s2)ccc1OCc1ccccc1. The van der Waals surface area contributed by atoms with Gasteiger partial charge in [0.2, 0.25) is 5.13 Å². The number of carbonyl (C=O) groups excluding carboxylic acids is 2. The Balaban J connectivity index is 1.38. The van der Waals surface area contributed by atoms with Gasteiger partial charge in [0, 0.05) is 11.3 Å². The maximum atomic E-state index is 13.7. The van der Waals surface area contributed by atoms with E-state index < -0.39 is 17.7 Å². The van der Waals surface area contributed by atoms with Gasteiger partial charge in [-0.2, -0.15) is 0 Å². The molecule has 1 saturated heterocycles. The number of benzene rings is 4. The molecule has 232 valence electrons. The lowest BCUT2D eigenvalue weighted by Crippen LogP contribution is -2.29. The maximum absolute atomic E-state index is 13.7. The number of ether oxygens (including phenoxy) is 2. The Morgan fingerprint density at radius 2 is 1.61 bits per heavy atom. The van der Waals surface area contributed by atoms with Gasteiger partial charge in [-0.05, 0) is 47.9 Å². The number of aliphatic hydroxyl groups is 1. The first kappa shape index (κ1) is 31.0. The molecule has 0 spiro atoms. The molecule has 0 saturated carbocycles. The number of thioether (sulfide) groups is 1. The summed E-state index contributed by atoms with van der Waals surface area (Å²) in [6, 6.07) is 28.7. The van der Waals surface area contributed by atoms with Gasteiger partial charge in [-0.15, -0.1) is 10.2 Å². The van der Waals surface area contributed by atoms with E-state index in [-0.39, 0.29) is 22.3 Å². The molecule has 1 aromatic heterocycles. The summed E-state index contributed by atoms with van der Waals surface area (Å²) < 4.78 is 25.9. The predicted molar refractivity (Wildman–Crippen MR) is 175 cm³/mol. The van der Waals surface area contributed by atoms with Crippen LogP contribution in [0, 0.1) is 5.82 Å². The van der Waals surface area contributed by atoms with Crippen molar-refractivity contribution in [1.29, 1.82) is 0 Å². The monoisotopic (exact) mass is 653 g/mol. The van der Waals surface area contributed by atoms with Crippen molar-refractivity contribution in [2.24, 2.45) is 0 Å². The van der Waals surface area contributed by atoms with Crippen molar-refractivity contribution in [1.82, 2.24) is 10.2 Å². The number of carbonyl (C=O) groups is 2. The molecular weight excluding hydrogens is 626 g/mol. The normalized spacial score (nSPS) is 15.7. The minimum atomic E-state index is -1.02. The molecule has 1 unspecified atom stereocenters. The zero-order valence-corrected chi connectivity index (χ0v) is 26.3. The molecule has 8 nitrogen and oxygen atoms in total. The quantitative estimate of drug-likeness (QED) is 0.0512. The summed E-state index contributed by atoms with van der Waals surface area (Å²) in [6.07, 6.45) is 0. The summed E-state index contributed by atoms with van der Waals surface area (Å²) >= 11 is 2.53. The number of aliphatic hydroxyl groups excluding tert-OH is 1. The second kappa shape index (κ2) is 14.0. The highest BCUT2D eigenvalue weighted by atomic mass is 32.2. The molecule has 1 atom stereocenters. The third kappa shape index (κ3) is 6.65. The number of Topliss-reactive ketones (excluding diaryl/α,β-unsaturated/α-hetero) is 1. The Hall–Kier alpha value is -5.00. The molecule has 0 aliphatic carbocycles. The van der Waals surface area contributed by atoms with E-state index in [0.29, 0.717) is 45.9 Å². The van der Waals surface area contributed by atoms with Crippen LogP contribution in [0.5, 0.6) is 11.5 Å². The molecule has 2 heterocycles. The largest absolute Gasteiger partial charge is 0.507 e. The van der Waals surface area contributed by atoms with Gasteiger partial charge < -0.3 is 14.6 Å². The summed E-state index contributed by atoms with van der Waals surface area (Å²) in [5.41, 5.74) is 2.71. The Morgan fingerprint density at radius 1 is 0.891 bits per heavy atom. The van der Waals surface area contributed by atoms with Gasteiger partial charge in [0.1, 0.15) is 18.2 Å². The molecule has 1 aliphatic rings. The Bertz CT molecular complexity index is 1880. The van der Waals surface area contributed by atoms with Gasteiger partial charge in [-0.25, -0.2) is 4.39 Å². The first-order valence-electron chi connectivity index (χ1n) is 14.4. The molecule has 0 bridgehead atoms. The molecule has 11 heteroatoms. The van der Waals surface area contributed by atoms with Crippen molar-refractivity contribution < 1.29 is 28.6 Å². The number of halogens is 1. The standard InChI is InChI=1S/C35H28FN3O5S2/c1-2-43-28-19-25(15-18-27(28)44-20-22-9-5-3-6-10-22)30-29(31(40)24-11-7-4-8-12-24)32(41)33(42)39(30)34-37-38-35(46-34)45-21-23-13-16-26(36)17-14-23/h3-19,30,40H,2,20-21H2,1H3. The van der Waals surface area contributed by atoms with E-state index in [1.165, 1.54) is 28.8 Å². The number of aromatic nitrogens is 2. The van der Waals surface area contributed by atoms with Crippen LogP contribution in [0.3, 0.4) is 0 Å². The summed E-state index contributed by atoms with van der Waals surface area (Å²) in [6.45, 7) is 2.51. The minimum absolute atomic E-state index is 0.0766. The van der Waals surface area contributed by atoms with E-state index in [2.05, 4.69) is 10.2 Å². The molecule has 1 amide bonds. The summed E-state index contributed by atoms with van der Waals surface area (Å²) in [7, 11) is 0. The van der Waals surface area contributed by atoms with Crippen LogP contribution in [0.15, 0.2) is 113 Å². The number of hydrogen-bond donors (Lipinski definition) is 1. The van der Waals surface area contributed by atoms with Crippen LogP contribution in [-0.2, 0) is 21.9 Å². The predicted octanol–water partition coefficient (Wildman–Crippen LogP) is 7.57. The van der Waals surface area contributed by atoms with E-state index in [1.807, 2.05) is 37.3 Å². The van der Waals surface area contributed by atoms with E-state index in [1.54, 1.807) is 60.7 Å². The maximum Gasteiger partial charge on any atom is 0.301 e. The fourth-order valence-electron chi connectivity index (χ4n) is 5.00. The zero-order valence-electron chi connectivity index (χ0n) is 24.6. The second-order valence-corrected chi connectivity index (χ2v) is 12.4. The van der Waals surface area contributed by atoms with Crippen LogP contribution in [0.2, 0.25) is 0 Å². The second-order valence-electron chi connectivity index (χ2n) is 10.2. The highest BCUT2D eigenvalue weighted by Crippen LogP contribution is 2.45. The van der Waals surface area contributed by atoms with Crippen molar-refractivity contribution in [3.8, 4) is 11.5 Å². The lowest BCUT2D eigenvalue weighted by molar-refractivity contribution is -0.132. The number of hydrogen-bond acceptors (Lipinski definition) is 9. The average Bonchev–Trinajstić information content (AvgIpc) is 3.66. The van der Waals surface area contributed by atoms with Crippen LogP contribution >= 0.6 is 23.1 Å². The molecule has 0 radical (unpaired) electrons. The van der Waals surface area contributed by atoms with E-state index in [9.17, 15) is 19.1 Å². The smallest absolute Gasteiger partial charge is 0.301 e. The van der Waals surface area contributed by atoms with E-state index >= 15 is 0 Å². The van der Waals surface area contributed by atoms with Gasteiger partial charge in [0.05, 0.1) is 18.2 Å². The van der Waals surface area contributed by atoms with Gasteiger partial charge >= 0.3 is 5.91 Å². The van der Waals surface area contributed by atoms with Gasteiger partial charge in [0.15, 0.2) is 15.8 Å². The molecule has 1 N–H and O–H groups in total. The first-order valence-corrected chi connectivity index (χ1v) is 16.2.